The lowest BCUT2D eigenvalue weighted by Crippen LogP contribution is -2.28. The maximum absolute atomic E-state index is 12.5. The maximum atomic E-state index is 12.5. The van der Waals surface area contributed by atoms with E-state index < -0.39 is 28.5 Å². The zero-order chi connectivity index (χ0) is 20.6. The molecule has 2 rings (SSSR count). The predicted molar refractivity (Wildman–Crippen MR) is 104 cm³/mol. The highest BCUT2D eigenvalue weighted by atomic mass is 32.2. The van der Waals surface area contributed by atoms with E-state index >= 15 is 0 Å². The fourth-order valence-electron chi connectivity index (χ4n) is 2.28. The summed E-state index contributed by atoms with van der Waals surface area (Å²) < 4.78 is 31.1. The summed E-state index contributed by atoms with van der Waals surface area (Å²) >= 11 is 0. The van der Waals surface area contributed by atoms with Crippen LogP contribution < -0.4 is 5.32 Å². The van der Waals surface area contributed by atoms with Crippen LogP contribution in [-0.4, -0.2) is 49.8 Å². The first-order valence-corrected chi connectivity index (χ1v) is 10.2. The van der Waals surface area contributed by atoms with E-state index in [1.54, 1.807) is 12.1 Å². The van der Waals surface area contributed by atoms with Gasteiger partial charge >= 0.3 is 5.97 Å². The molecule has 8 nitrogen and oxygen atoms in total. The summed E-state index contributed by atoms with van der Waals surface area (Å²) in [6.07, 6.45) is 3.13. The molecule has 1 amide bonds. The van der Waals surface area contributed by atoms with Gasteiger partial charge in [0.2, 0.25) is 10.0 Å². The maximum Gasteiger partial charge on any atom is 0.357 e. The highest BCUT2D eigenvalue weighted by Crippen LogP contribution is 2.18. The molecule has 0 spiro atoms. The van der Waals surface area contributed by atoms with E-state index in [0.29, 0.717) is 12.2 Å². The van der Waals surface area contributed by atoms with Crippen molar-refractivity contribution in [2.24, 2.45) is 0 Å². The number of pyridine rings is 1. The number of amides is 1. The van der Waals surface area contributed by atoms with E-state index in [1.807, 2.05) is 6.92 Å². The smallest absolute Gasteiger partial charge is 0.357 e. The van der Waals surface area contributed by atoms with Gasteiger partial charge in [-0.15, -0.1) is 0 Å². The van der Waals surface area contributed by atoms with Crippen molar-refractivity contribution in [1.82, 2.24) is 9.29 Å². The van der Waals surface area contributed by atoms with Gasteiger partial charge in [0.1, 0.15) is 5.69 Å². The highest BCUT2D eigenvalue weighted by Gasteiger charge is 2.20. The number of hydrogen-bond donors (Lipinski definition) is 1. The molecular weight excluding hydrogens is 382 g/mol. The molecule has 2 aromatic rings. The summed E-state index contributed by atoms with van der Waals surface area (Å²) in [5.74, 6) is -1.24. The lowest BCUT2D eigenvalue weighted by Gasteiger charge is -2.17. The summed E-state index contributed by atoms with van der Waals surface area (Å²) in [6.45, 7) is 1.96. The van der Waals surface area contributed by atoms with E-state index in [1.165, 1.54) is 47.9 Å². The van der Waals surface area contributed by atoms with Crippen LogP contribution in [0, 0.1) is 0 Å². The lowest BCUT2D eigenvalue weighted by molar-refractivity contribution is -0.119. The van der Waals surface area contributed by atoms with Crippen LogP contribution in [0.15, 0.2) is 53.6 Å². The molecular formula is C19H23N3O5S. The summed E-state index contributed by atoms with van der Waals surface area (Å²) in [7, 11) is -2.03. The van der Waals surface area contributed by atoms with E-state index in [2.05, 4.69) is 10.3 Å². The van der Waals surface area contributed by atoms with E-state index in [4.69, 9.17) is 4.74 Å². The van der Waals surface area contributed by atoms with Crippen LogP contribution in [0.1, 0.15) is 30.3 Å². The van der Waals surface area contributed by atoms with Gasteiger partial charge in [0, 0.05) is 25.5 Å². The van der Waals surface area contributed by atoms with Gasteiger partial charge in [-0.3, -0.25) is 4.79 Å². The second kappa shape index (κ2) is 9.95. The van der Waals surface area contributed by atoms with Crippen molar-refractivity contribution >= 4 is 27.6 Å². The Bertz CT molecular complexity index is 899. The van der Waals surface area contributed by atoms with E-state index in [9.17, 15) is 18.0 Å². The molecule has 0 radical (unpaired) electrons. The second-order valence-corrected chi connectivity index (χ2v) is 8.09. The number of esters is 1. The molecule has 1 N–H and O–H groups in total. The topological polar surface area (TPSA) is 106 Å². The average molecular weight is 405 g/mol. The number of carbonyl (C=O) groups is 2. The molecule has 1 aromatic heterocycles. The number of nitrogens with one attached hydrogen (secondary N) is 1. The first-order valence-electron chi connectivity index (χ1n) is 8.79. The summed E-state index contributed by atoms with van der Waals surface area (Å²) in [5, 5.41) is 2.55. The number of anilines is 1. The fourth-order valence-corrected chi connectivity index (χ4v) is 3.49. The SMILES string of the molecule is CCCCN(C)S(=O)(=O)c1ccc(NC(=O)COC(=O)c2ccccn2)cc1. The van der Waals surface area contributed by atoms with Crippen molar-refractivity contribution < 1.29 is 22.7 Å². The van der Waals surface area contributed by atoms with Crippen molar-refractivity contribution in [2.75, 3.05) is 25.5 Å². The van der Waals surface area contributed by atoms with Crippen LogP contribution in [0.5, 0.6) is 0 Å². The molecule has 0 saturated carbocycles. The molecule has 0 atom stereocenters. The molecule has 0 aliphatic heterocycles. The van der Waals surface area contributed by atoms with Gasteiger partial charge in [0.25, 0.3) is 5.91 Å². The van der Waals surface area contributed by atoms with Crippen LogP contribution in [-0.2, 0) is 19.6 Å². The summed E-state index contributed by atoms with van der Waals surface area (Å²) in [5.41, 5.74) is 0.506. The van der Waals surface area contributed by atoms with Gasteiger partial charge in [-0.05, 0) is 42.8 Å². The average Bonchev–Trinajstić information content (AvgIpc) is 2.71. The zero-order valence-electron chi connectivity index (χ0n) is 15.8. The van der Waals surface area contributed by atoms with Crippen LogP contribution in [0.4, 0.5) is 5.69 Å². The van der Waals surface area contributed by atoms with Gasteiger partial charge in [-0.2, -0.15) is 0 Å². The van der Waals surface area contributed by atoms with Crippen molar-refractivity contribution in [1.29, 1.82) is 0 Å². The number of aromatic nitrogens is 1. The van der Waals surface area contributed by atoms with Crippen molar-refractivity contribution in [2.45, 2.75) is 24.7 Å². The third-order valence-electron chi connectivity index (χ3n) is 3.88. The molecule has 0 fully saturated rings. The van der Waals surface area contributed by atoms with Crippen LogP contribution >= 0.6 is 0 Å². The van der Waals surface area contributed by atoms with Crippen LogP contribution in [0.2, 0.25) is 0 Å². The summed E-state index contributed by atoms with van der Waals surface area (Å²) in [4.78, 5) is 27.7. The Morgan fingerprint density at radius 1 is 1.14 bits per heavy atom. The minimum absolute atomic E-state index is 0.108. The van der Waals surface area contributed by atoms with Gasteiger partial charge in [0.05, 0.1) is 4.90 Å². The molecule has 0 bridgehead atoms. The number of rotatable bonds is 9. The lowest BCUT2D eigenvalue weighted by atomic mass is 10.3. The molecule has 0 aliphatic carbocycles. The van der Waals surface area contributed by atoms with Crippen LogP contribution in [0.25, 0.3) is 0 Å². The van der Waals surface area contributed by atoms with Gasteiger partial charge in [0.15, 0.2) is 6.61 Å². The molecule has 0 saturated heterocycles. The van der Waals surface area contributed by atoms with Crippen molar-refractivity contribution in [3.05, 3.63) is 54.4 Å². The third-order valence-corrected chi connectivity index (χ3v) is 5.75. The van der Waals surface area contributed by atoms with Crippen molar-refractivity contribution in [3.63, 3.8) is 0 Å². The predicted octanol–water partition coefficient (Wildman–Crippen LogP) is 2.30. The minimum atomic E-state index is -3.56. The fraction of sp³-hybridized carbons (Fsp3) is 0.316. The Morgan fingerprint density at radius 2 is 1.86 bits per heavy atom. The number of benzene rings is 1. The molecule has 1 aromatic carbocycles. The molecule has 0 unspecified atom stereocenters. The number of nitrogens with zero attached hydrogens (tertiary/aromatic N) is 2. The number of carbonyl (C=O) groups excluding carboxylic acids is 2. The number of unbranched alkanes of at least 4 members (excludes halogenated alkanes) is 1. The Labute approximate surface area is 164 Å². The normalized spacial score (nSPS) is 11.2. The first-order chi connectivity index (χ1) is 13.3. The Hall–Kier alpha value is -2.78. The zero-order valence-corrected chi connectivity index (χ0v) is 16.6. The molecule has 28 heavy (non-hydrogen) atoms. The van der Waals surface area contributed by atoms with E-state index in [-0.39, 0.29) is 10.6 Å². The Balaban J connectivity index is 1.91. The third kappa shape index (κ3) is 5.86. The number of hydrogen-bond acceptors (Lipinski definition) is 6. The van der Waals surface area contributed by atoms with Crippen molar-refractivity contribution in [3.8, 4) is 0 Å². The summed E-state index contributed by atoms with van der Waals surface area (Å²) in [6, 6.07) is 10.6. The van der Waals surface area contributed by atoms with E-state index in [0.717, 1.165) is 12.8 Å². The highest BCUT2D eigenvalue weighted by molar-refractivity contribution is 7.89. The standard InChI is InChI=1S/C19H23N3O5S/c1-3-4-13-22(2)28(25,26)16-10-8-15(9-11-16)21-18(23)14-27-19(24)17-7-5-6-12-20-17/h5-12H,3-4,13-14H2,1-2H3,(H,21,23). The number of sulfonamides is 1. The Morgan fingerprint density at radius 3 is 2.46 bits per heavy atom. The quantitative estimate of drug-likeness (QED) is 0.642. The van der Waals surface area contributed by atoms with Gasteiger partial charge in [-0.25, -0.2) is 22.5 Å². The molecule has 9 heteroatoms. The van der Waals surface area contributed by atoms with Crippen LogP contribution in [0.3, 0.4) is 0 Å². The molecule has 1 heterocycles. The second-order valence-electron chi connectivity index (χ2n) is 6.04. The van der Waals surface area contributed by atoms with Gasteiger partial charge < -0.3 is 10.1 Å². The molecule has 0 aliphatic rings. The number of ether oxygens (including phenoxy) is 1. The minimum Gasteiger partial charge on any atom is -0.451 e. The largest absolute Gasteiger partial charge is 0.451 e. The first kappa shape index (κ1) is 21.5. The Kier molecular flexibility index (Phi) is 7.65. The van der Waals surface area contributed by atoms with Gasteiger partial charge in [-0.1, -0.05) is 19.4 Å². The monoisotopic (exact) mass is 405 g/mol. The molecule has 150 valence electrons.